The molecular weight excluding hydrogens is 280 g/mol. The molecule has 0 unspecified atom stereocenters. The SMILES string of the molecule is O=C1c2ccccc2C(=O)N1c1cc(-c2ccccc2)on1. The highest BCUT2D eigenvalue weighted by atomic mass is 16.5. The van der Waals surface area contributed by atoms with Crippen molar-refractivity contribution >= 4 is 17.6 Å². The molecule has 0 aliphatic carbocycles. The maximum Gasteiger partial charge on any atom is 0.267 e. The first-order valence-electron chi connectivity index (χ1n) is 6.75. The Balaban J connectivity index is 1.74. The van der Waals surface area contributed by atoms with Gasteiger partial charge >= 0.3 is 0 Å². The summed E-state index contributed by atoms with van der Waals surface area (Å²) in [7, 11) is 0. The molecule has 0 saturated carbocycles. The van der Waals surface area contributed by atoms with Gasteiger partial charge in [-0.2, -0.15) is 0 Å². The van der Waals surface area contributed by atoms with Gasteiger partial charge < -0.3 is 4.52 Å². The lowest BCUT2D eigenvalue weighted by atomic mass is 10.1. The summed E-state index contributed by atoms with van der Waals surface area (Å²) in [5.41, 5.74) is 1.60. The van der Waals surface area contributed by atoms with Crippen molar-refractivity contribution in [3.63, 3.8) is 0 Å². The average Bonchev–Trinajstić information content (AvgIpc) is 3.13. The Bertz CT molecular complexity index is 849. The van der Waals surface area contributed by atoms with Crippen LogP contribution in [0.1, 0.15) is 20.7 Å². The van der Waals surface area contributed by atoms with E-state index >= 15 is 0 Å². The molecule has 0 spiro atoms. The average molecular weight is 290 g/mol. The Morgan fingerprint density at radius 2 is 1.41 bits per heavy atom. The van der Waals surface area contributed by atoms with Crippen LogP contribution in [0, 0.1) is 0 Å². The topological polar surface area (TPSA) is 63.4 Å². The van der Waals surface area contributed by atoms with Crippen LogP contribution in [0.2, 0.25) is 0 Å². The summed E-state index contributed by atoms with van der Waals surface area (Å²) in [6, 6.07) is 17.7. The van der Waals surface area contributed by atoms with Gasteiger partial charge in [0.2, 0.25) is 0 Å². The van der Waals surface area contributed by atoms with Gasteiger partial charge in [-0.05, 0) is 12.1 Å². The predicted molar refractivity (Wildman–Crippen MR) is 79.5 cm³/mol. The molecule has 5 heteroatoms. The van der Waals surface area contributed by atoms with Crippen molar-refractivity contribution in [2.24, 2.45) is 0 Å². The lowest BCUT2D eigenvalue weighted by molar-refractivity contribution is 0.0924. The summed E-state index contributed by atoms with van der Waals surface area (Å²) >= 11 is 0. The summed E-state index contributed by atoms with van der Waals surface area (Å²) in [5.74, 6) is -0.0563. The Morgan fingerprint density at radius 1 is 0.818 bits per heavy atom. The molecule has 1 aliphatic heterocycles. The summed E-state index contributed by atoms with van der Waals surface area (Å²) in [4.78, 5) is 25.8. The Hall–Kier alpha value is -3.21. The minimum Gasteiger partial charge on any atom is -0.354 e. The summed E-state index contributed by atoms with van der Waals surface area (Å²) in [6.45, 7) is 0. The number of anilines is 1. The lowest BCUT2D eigenvalue weighted by Gasteiger charge is -2.07. The van der Waals surface area contributed by atoms with E-state index < -0.39 is 0 Å². The summed E-state index contributed by atoms with van der Waals surface area (Å²) in [6.07, 6.45) is 0. The molecular formula is C17H10N2O3. The lowest BCUT2D eigenvalue weighted by Crippen LogP contribution is -2.29. The van der Waals surface area contributed by atoms with Gasteiger partial charge in [0.05, 0.1) is 11.1 Å². The number of rotatable bonds is 2. The Kier molecular flexibility index (Phi) is 2.66. The van der Waals surface area contributed by atoms with E-state index in [1.807, 2.05) is 30.3 Å². The van der Waals surface area contributed by atoms with Gasteiger partial charge in [-0.3, -0.25) is 9.59 Å². The smallest absolute Gasteiger partial charge is 0.267 e. The van der Waals surface area contributed by atoms with Crippen LogP contribution >= 0.6 is 0 Å². The van der Waals surface area contributed by atoms with Crippen molar-refractivity contribution in [1.29, 1.82) is 0 Å². The number of fused-ring (bicyclic) bond motifs is 1. The van der Waals surface area contributed by atoms with Gasteiger partial charge in [-0.25, -0.2) is 4.90 Å². The van der Waals surface area contributed by atoms with Crippen LogP contribution in [-0.4, -0.2) is 17.0 Å². The quantitative estimate of drug-likeness (QED) is 0.680. The molecule has 1 aromatic heterocycles. The number of hydrogen-bond acceptors (Lipinski definition) is 4. The fourth-order valence-electron chi connectivity index (χ4n) is 2.51. The van der Waals surface area contributed by atoms with Crippen LogP contribution in [0.5, 0.6) is 0 Å². The maximum absolute atomic E-state index is 12.4. The minimum absolute atomic E-state index is 0.199. The second-order valence-corrected chi connectivity index (χ2v) is 4.91. The van der Waals surface area contributed by atoms with Crippen molar-refractivity contribution in [3.05, 3.63) is 71.8 Å². The van der Waals surface area contributed by atoms with Crippen molar-refractivity contribution < 1.29 is 14.1 Å². The highest BCUT2D eigenvalue weighted by molar-refractivity contribution is 6.34. The highest BCUT2D eigenvalue weighted by Crippen LogP contribution is 2.30. The first-order chi connectivity index (χ1) is 10.8. The number of carbonyl (C=O) groups excluding carboxylic acids is 2. The van der Waals surface area contributed by atoms with Crippen LogP contribution in [-0.2, 0) is 0 Å². The second kappa shape index (κ2) is 4.66. The molecule has 1 aliphatic rings. The van der Waals surface area contributed by atoms with E-state index in [1.165, 1.54) is 0 Å². The van der Waals surface area contributed by atoms with Gasteiger partial charge in [0, 0.05) is 11.6 Å². The van der Waals surface area contributed by atoms with Gasteiger partial charge in [0.1, 0.15) is 0 Å². The molecule has 2 aromatic carbocycles. The Labute approximate surface area is 125 Å². The standard InChI is InChI=1S/C17H10N2O3/c20-16-12-8-4-5-9-13(12)17(21)19(16)15-10-14(22-18-15)11-6-2-1-3-7-11/h1-10H. The third kappa shape index (κ3) is 1.76. The zero-order valence-electron chi connectivity index (χ0n) is 11.4. The molecule has 2 heterocycles. The van der Waals surface area contributed by atoms with Crippen LogP contribution in [0.25, 0.3) is 11.3 Å². The van der Waals surface area contributed by atoms with E-state index in [9.17, 15) is 9.59 Å². The number of amides is 2. The van der Waals surface area contributed by atoms with E-state index in [2.05, 4.69) is 5.16 Å². The van der Waals surface area contributed by atoms with Crippen molar-refractivity contribution in [2.75, 3.05) is 4.90 Å². The molecule has 0 N–H and O–H groups in total. The van der Waals surface area contributed by atoms with E-state index in [0.29, 0.717) is 16.9 Å². The third-order valence-electron chi connectivity index (χ3n) is 3.58. The minimum atomic E-state index is -0.381. The van der Waals surface area contributed by atoms with Gasteiger partial charge in [-0.1, -0.05) is 47.6 Å². The van der Waals surface area contributed by atoms with Gasteiger partial charge in [0.15, 0.2) is 11.6 Å². The van der Waals surface area contributed by atoms with E-state index in [0.717, 1.165) is 10.5 Å². The second-order valence-electron chi connectivity index (χ2n) is 4.91. The zero-order chi connectivity index (χ0) is 15.1. The van der Waals surface area contributed by atoms with Crippen molar-refractivity contribution in [3.8, 4) is 11.3 Å². The number of imide groups is 1. The van der Waals surface area contributed by atoms with E-state index in [1.54, 1.807) is 30.3 Å². The summed E-state index contributed by atoms with van der Waals surface area (Å²) < 4.78 is 5.26. The zero-order valence-corrected chi connectivity index (χ0v) is 11.4. The fourth-order valence-corrected chi connectivity index (χ4v) is 2.51. The van der Waals surface area contributed by atoms with Crippen LogP contribution in [0.3, 0.4) is 0 Å². The number of hydrogen-bond donors (Lipinski definition) is 0. The molecule has 4 rings (SSSR count). The third-order valence-corrected chi connectivity index (χ3v) is 3.58. The molecule has 0 atom stereocenters. The number of nitrogens with zero attached hydrogens (tertiary/aromatic N) is 2. The molecule has 2 amide bonds. The molecule has 106 valence electrons. The fraction of sp³-hybridized carbons (Fsp3) is 0. The van der Waals surface area contributed by atoms with E-state index in [-0.39, 0.29) is 17.6 Å². The molecule has 3 aromatic rings. The van der Waals surface area contributed by atoms with Gasteiger partial charge in [0.25, 0.3) is 11.8 Å². The predicted octanol–water partition coefficient (Wildman–Crippen LogP) is 3.14. The number of benzene rings is 2. The first-order valence-corrected chi connectivity index (χ1v) is 6.75. The molecule has 0 saturated heterocycles. The van der Waals surface area contributed by atoms with Crippen LogP contribution < -0.4 is 4.90 Å². The molecule has 22 heavy (non-hydrogen) atoms. The molecule has 5 nitrogen and oxygen atoms in total. The van der Waals surface area contributed by atoms with Gasteiger partial charge in [-0.15, -0.1) is 0 Å². The largest absolute Gasteiger partial charge is 0.354 e. The molecule has 0 fully saturated rings. The highest BCUT2D eigenvalue weighted by Gasteiger charge is 2.38. The number of aromatic nitrogens is 1. The first kappa shape index (κ1) is 12.5. The van der Waals surface area contributed by atoms with Crippen molar-refractivity contribution in [1.82, 2.24) is 5.16 Å². The normalized spacial score (nSPS) is 13.5. The molecule has 0 bridgehead atoms. The monoisotopic (exact) mass is 290 g/mol. The van der Waals surface area contributed by atoms with Crippen molar-refractivity contribution in [2.45, 2.75) is 0 Å². The maximum atomic E-state index is 12.4. The Morgan fingerprint density at radius 3 is 2.05 bits per heavy atom. The number of carbonyl (C=O) groups is 2. The molecule has 0 radical (unpaired) electrons. The van der Waals surface area contributed by atoms with E-state index in [4.69, 9.17) is 4.52 Å². The van der Waals surface area contributed by atoms with Crippen LogP contribution in [0.15, 0.2) is 65.2 Å². The van der Waals surface area contributed by atoms with Crippen LogP contribution in [0.4, 0.5) is 5.82 Å². The summed E-state index contributed by atoms with van der Waals surface area (Å²) in [5, 5.41) is 3.87.